The predicted molar refractivity (Wildman–Crippen MR) is 188 cm³/mol. The molecule has 1 fully saturated rings. The van der Waals surface area contributed by atoms with Crippen molar-refractivity contribution in [2.45, 2.75) is 64.6 Å². The predicted octanol–water partition coefficient (Wildman–Crippen LogP) is 6.00. The molecule has 0 bridgehead atoms. The third-order valence-corrected chi connectivity index (χ3v) is 9.98. The number of methoxy groups -OCH3 is 1. The summed E-state index contributed by atoms with van der Waals surface area (Å²) in [6.07, 6.45) is 10.4. The van der Waals surface area contributed by atoms with Crippen LogP contribution in [0.1, 0.15) is 66.7 Å². The number of hydrogen-bond acceptors (Lipinski definition) is 8. The number of nitrogens with zero attached hydrogens (tertiary/aromatic N) is 7. The minimum Gasteiger partial charge on any atom is -0.495 e. The summed E-state index contributed by atoms with van der Waals surface area (Å²) in [4.78, 5) is 22.4. The van der Waals surface area contributed by atoms with E-state index < -0.39 is 0 Å². The Hall–Kier alpha value is -5.23. The number of benzene rings is 2. The number of rotatable bonds is 10. The highest BCUT2D eigenvalue weighted by molar-refractivity contribution is 6.07. The summed E-state index contributed by atoms with van der Waals surface area (Å²) in [5.41, 5.74) is 17.2. The smallest absolute Gasteiger partial charge is 0.272 e. The van der Waals surface area contributed by atoms with Crippen LogP contribution in [0.2, 0.25) is 0 Å². The number of nitrogens with two attached hydrogens (primary N) is 2. The highest BCUT2D eigenvalue weighted by atomic mass is 16.5. The number of amides is 1. The van der Waals surface area contributed by atoms with Crippen LogP contribution in [0.25, 0.3) is 33.1 Å². The van der Waals surface area contributed by atoms with Gasteiger partial charge in [0.25, 0.3) is 5.91 Å². The average molecular weight is 647 g/mol. The maximum Gasteiger partial charge on any atom is 0.272 e. The van der Waals surface area contributed by atoms with Gasteiger partial charge in [0.1, 0.15) is 40.9 Å². The van der Waals surface area contributed by atoms with E-state index in [4.69, 9.17) is 21.2 Å². The molecule has 5 N–H and O–H groups in total. The molecule has 4 heterocycles. The molecule has 1 saturated carbocycles. The highest BCUT2D eigenvalue weighted by Crippen LogP contribution is 2.41. The second-order valence-electron chi connectivity index (χ2n) is 12.8. The van der Waals surface area contributed by atoms with Gasteiger partial charge in [0.2, 0.25) is 0 Å². The molecule has 0 radical (unpaired) electrons. The summed E-state index contributed by atoms with van der Waals surface area (Å²) in [7, 11) is 3.50. The first-order valence-corrected chi connectivity index (χ1v) is 16.6. The molecule has 1 aliphatic rings. The number of carbonyl (C=O) groups excluding carboxylic acids is 1. The SMILES string of the molecule is COc1cc(-c2cn(C3CCC(CCCn4c(C)nnc4CN)CC3)c3ncnc(N)c23)ccc1NC(=O)c1cc2ccccc2n1C. The van der Waals surface area contributed by atoms with Crippen LogP contribution in [0.15, 0.2) is 61.1 Å². The fraction of sp³-hybridized carbons (Fsp3) is 0.361. The molecule has 4 aromatic heterocycles. The fourth-order valence-corrected chi connectivity index (χ4v) is 7.38. The summed E-state index contributed by atoms with van der Waals surface area (Å²) in [5.74, 6) is 3.24. The van der Waals surface area contributed by atoms with Gasteiger partial charge in [0.15, 0.2) is 0 Å². The van der Waals surface area contributed by atoms with Gasteiger partial charge in [-0.25, -0.2) is 9.97 Å². The summed E-state index contributed by atoms with van der Waals surface area (Å²) < 4.78 is 12.1. The molecule has 7 rings (SSSR count). The van der Waals surface area contributed by atoms with E-state index in [2.05, 4.69) is 35.8 Å². The first kappa shape index (κ1) is 31.4. The Balaban J connectivity index is 1.09. The van der Waals surface area contributed by atoms with Crippen molar-refractivity contribution in [1.29, 1.82) is 0 Å². The largest absolute Gasteiger partial charge is 0.495 e. The fourth-order valence-electron chi connectivity index (χ4n) is 7.38. The van der Waals surface area contributed by atoms with Crippen molar-refractivity contribution in [2.24, 2.45) is 18.7 Å². The van der Waals surface area contributed by atoms with Gasteiger partial charge >= 0.3 is 0 Å². The summed E-state index contributed by atoms with van der Waals surface area (Å²) >= 11 is 0. The quantitative estimate of drug-likeness (QED) is 0.164. The van der Waals surface area contributed by atoms with Crippen LogP contribution in [0.5, 0.6) is 5.75 Å². The maximum absolute atomic E-state index is 13.4. The maximum atomic E-state index is 13.4. The van der Waals surface area contributed by atoms with Crippen LogP contribution in [0.4, 0.5) is 11.5 Å². The highest BCUT2D eigenvalue weighted by Gasteiger charge is 2.26. The number of fused-ring (bicyclic) bond motifs is 2. The molecule has 248 valence electrons. The first-order chi connectivity index (χ1) is 23.4. The minimum atomic E-state index is -0.209. The van der Waals surface area contributed by atoms with Crippen LogP contribution >= 0.6 is 0 Å². The molecule has 12 nitrogen and oxygen atoms in total. The molecule has 1 aliphatic carbocycles. The number of aryl methyl sites for hydroxylation is 2. The average Bonchev–Trinajstić information content (AvgIpc) is 3.79. The third-order valence-electron chi connectivity index (χ3n) is 9.98. The number of para-hydroxylation sites is 1. The van der Waals surface area contributed by atoms with Gasteiger partial charge in [0, 0.05) is 42.3 Å². The van der Waals surface area contributed by atoms with Crippen LogP contribution in [-0.4, -0.2) is 46.9 Å². The molecule has 0 aliphatic heterocycles. The Labute approximate surface area is 279 Å². The number of anilines is 2. The van der Waals surface area contributed by atoms with Crippen molar-refractivity contribution in [3.8, 4) is 16.9 Å². The van der Waals surface area contributed by atoms with Gasteiger partial charge in [0.05, 0.1) is 24.7 Å². The van der Waals surface area contributed by atoms with Gasteiger partial charge in [-0.3, -0.25) is 4.79 Å². The first-order valence-electron chi connectivity index (χ1n) is 16.6. The zero-order chi connectivity index (χ0) is 33.4. The standard InChI is InChI=1S/C36H42N10O2/c1-22-42-43-32(19-37)45(22)16-6-7-23-10-13-26(14-11-23)46-20-27(33-34(38)39-21-40-35(33)46)24-12-15-28(31(18-24)48-3)41-36(47)30-17-25-8-4-5-9-29(25)44(30)2/h4-5,8-9,12,15,17-18,20-21,23,26H,6-7,10-11,13-14,16,19,37H2,1-3H3,(H,41,47)(H2,38,39,40). The molecule has 0 atom stereocenters. The molecule has 0 unspecified atom stereocenters. The Morgan fingerprint density at radius 1 is 1.06 bits per heavy atom. The van der Waals surface area contributed by atoms with E-state index in [1.165, 1.54) is 6.42 Å². The lowest BCUT2D eigenvalue weighted by atomic mass is 9.83. The van der Waals surface area contributed by atoms with E-state index in [0.717, 1.165) is 83.4 Å². The van der Waals surface area contributed by atoms with Crippen molar-refractivity contribution in [1.82, 2.24) is 33.9 Å². The second kappa shape index (κ2) is 13.1. The molecule has 6 aromatic rings. The zero-order valence-corrected chi connectivity index (χ0v) is 27.7. The van der Waals surface area contributed by atoms with E-state index >= 15 is 0 Å². The lowest BCUT2D eigenvalue weighted by Gasteiger charge is -2.30. The number of hydrogen-bond donors (Lipinski definition) is 3. The molecule has 2 aromatic carbocycles. The van der Waals surface area contributed by atoms with Crippen molar-refractivity contribution in [3.63, 3.8) is 0 Å². The van der Waals surface area contributed by atoms with Gasteiger partial charge in [-0.15, -0.1) is 10.2 Å². The summed E-state index contributed by atoms with van der Waals surface area (Å²) in [5, 5.41) is 13.3. The minimum absolute atomic E-state index is 0.209. The molecular weight excluding hydrogens is 604 g/mol. The number of aromatic nitrogens is 7. The lowest BCUT2D eigenvalue weighted by Crippen LogP contribution is -2.18. The van der Waals surface area contributed by atoms with Crippen LogP contribution in [-0.2, 0) is 20.1 Å². The number of carbonyl (C=O) groups is 1. The normalized spacial score (nSPS) is 16.5. The third kappa shape index (κ3) is 5.76. The monoisotopic (exact) mass is 646 g/mol. The Kier molecular flexibility index (Phi) is 8.57. The van der Waals surface area contributed by atoms with E-state index in [0.29, 0.717) is 41.5 Å². The second-order valence-corrected chi connectivity index (χ2v) is 12.8. The Morgan fingerprint density at radius 2 is 1.88 bits per heavy atom. The van der Waals surface area contributed by atoms with Gasteiger partial charge in [-0.1, -0.05) is 24.3 Å². The molecule has 1 amide bonds. The van der Waals surface area contributed by atoms with Crippen LogP contribution in [0.3, 0.4) is 0 Å². The van der Waals surface area contributed by atoms with Gasteiger partial charge in [-0.05, 0) is 81.2 Å². The van der Waals surface area contributed by atoms with Gasteiger partial charge in [-0.2, -0.15) is 0 Å². The van der Waals surface area contributed by atoms with E-state index in [9.17, 15) is 4.79 Å². The van der Waals surface area contributed by atoms with E-state index in [1.807, 2.05) is 67.1 Å². The van der Waals surface area contributed by atoms with Crippen LogP contribution in [0, 0.1) is 12.8 Å². The molecule has 48 heavy (non-hydrogen) atoms. The van der Waals surface area contributed by atoms with Crippen LogP contribution < -0.4 is 21.5 Å². The topological polar surface area (TPSA) is 157 Å². The van der Waals surface area contributed by atoms with E-state index in [-0.39, 0.29) is 5.91 Å². The zero-order valence-electron chi connectivity index (χ0n) is 27.7. The Morgan fingerprint density at radius 3 is 2.65 bits per heavy atom. The molecular formula is C36H42N10O2. The summed E-state index contributed by atoms with van der Waals surface area (Å²) in [6, 6.07) is 15.9. The van der Waals surface area contributed by atoms with Gasteiger partial charge < -0.3 is 35.2 Å². The molecule has 0 saturated heterocycles. The van der Waals surface area contributed by atoms with Crippen molar-refractivity contribution < 1.29 is 9.53 Å². The molecule has 12 heteroatoms. The van der Waals surface area contributed by atoms with Crippen molar-refractivity contribution in [3.05, 3.63) is 78.4 Å². The van der Waals surface area contributed by atoms with Crippen molar-refractivity contribution in [2.75, 3.05) is 18.2 Å². The van der Waals surface area contributed by atoms with E-state index in [1.54, 1.807) is 13.4 Å². The number of ether oxygens (including phenoxy) is 1. The lowest BCUT2D eigenvalue weighted by molar-refractivity contribution is 0.101. The van der Waals surface area contributed by atoms with Crippen molar-refractivity contribution >= 4 is 39.3 Å². The number of nitrogens with one attached hydrogen (secondary N) is 1. The Bertz CT molecular complexity index is 2100. The summed E-state index contributed by atoms with van der Waals surface area (Å²) in [6.45, 7) is 3.30. The molecule has 0 spiro atoms. The number of nitrogen functional groups attached to an aromatic ring is 1.